The van der Waals surface area contributed by atoms with E-state index in [9.17, 15) is 14.4 Å². The van der Waals surface area contributed by atoms with Gasteiger partial charge in [0.1, 0.15) is 5.69 Å². The number of aromatic amines is 1. The lowest BCUT2D eigenvalue weighted by molar-refractivity contribution is -0.134. The molecule has 2 fully saturated rings. The molecule has 0 aromatic carbocycles. The van der Waals surface area contributed by atoms with E-state index in [1.807, 2.05) is 0 Å². The monoisotopic (exact) mass is 323 g/mol. The topological polar surface area (TPSA) is 98.4 Å². The number of hydrogen-bond acceptors (Lipinski definition) is 6. The average Bonchev–Trinajstić information content (AvgIpc) is 3.09. The first-order valence-corrected chi connectivity index (χ1v) is 8.25. The van der Waals surface area contributed by atoms with Gasteiger partial charge in [0.15, 0.2) is 0 Å². The highest BCUT2D eigenvalue weighted by Gasteiger charge is 2.31. The SMILES string of the molecule is O=C(c1ccc(=O)[nH]n1)N1CCN(C(=O)C2CSCN2)CC1. The van der Waals surface area contributed by atoms with Crippen molar-refractivity contribution >= 4 is 23.6 Å². The highest BCUT2D eigenvalue weighted by molar-refractivity contribution is 7.99. The molecule has 1 atom stereocenters. The number of nitrogens with zero attached hydrogens (tertiary/aromatic N) is 3. The average molecular weight is 323 g/mol. The summed E-state index contributed by atoms with van der Waals surface area (Å²) in [7, 11) is 0. The zero-order valence-corrected chi connectivity index (χ0v) is 12.8. The lowest BCUT2D eigenvalue weighted by Gasteiger charge is -2.35. The van der Waals surface area contributed by atoms with Crippen LogP contribution >= 0.6 is 11.8 Å². The predicted molar refractivity (Wildman–Crippen MR) is 81.6 cm³/mol. The van der Waals surface area contributed by atoms with Gasteiger partial charge in [-0.1, -0.05) is 0 Å². The maximum absolute atomic E-state index is 12.3. The molecular weight excluding hydrogens is 306 g/mol. The van der Waals surface area contributed by atoms with Crippen LogP contribution in [0.5, 0.6) is 0 Å². The van der Waals surface area contributed by atoms with Crippen LogP contribution in [0.25, 0.3) is 0 Å². The standard InChI is InChI=1S/C13H17N5O3S/c19-11-2-1-9(15-16-11)12(20)17-3-5-18(6-4-17)13(21)10-7-22-8-14-10/h1-2,10,14H,3-8H2,(H,16,19). The quantitative estimate of drug-likeness (QED) is 0.703. The van der Waals surface area contributed by atoms with Crippen LogP contribution < -0.4 is 10.9 Å². The van der Waals surface area contributed by atoms with E-state index in [0.717, 1.165) is 11.6 Å². The molecule has 3 rings (SSSR count). The maximum atomic E-state index is 12.3. The number of aromatic nitrogens is 2. The smallest absolute Gasteiger partial charge is 0.274 e. The lowest BCUT2D eigenvalue weighted by Crippen LogP contribution is -2.54. The van der Waals surface area contributed by atoms with Crippen molar-refractivity contribution in [3.8, 4) is 0 Å². The van der Waals surface area contributed by atoms with E-state index in [4.69, 9.17) is 0 Å². The fourth-order valence-electron chi connectivity index (χ4n) is 2.53. The predicted octanol–water partition coefficient (Wildman–Crippen LogP) is -1.28. The van der Waals surface area contributed by atoms with E-state index in [1.54, 1.807) is 21.6 Å². The Morgan fingerprint density at radius 3 is 2.50 bits per heavy atom. The number of nitrogens with one attached hydrogen (secondary N) is 2. The zero-order chi connectivity index (χ0) is 15.5. The molecule has 0 aliphatic carbocycles. The van der Waals surface area contributed by atoms with Crippen LogP contribution in [0.4, 0.5) is 0 Å². The van der Waals surface area contributed by atoms with Crippen molar-refractivity contribution in [2.24, 2.45) is 0 Å². The summed E-state index contributed by atoms with van der Waals surface area (Å²) in [6, 6.07) is 2.59. The molecule has 1 unspecified atom stereocenters. The van der Waals surface area contributed by atoms with Gasteiger partial charge in [-0.2, -0.15) is 5.10 Å². The minimum Gasteiger partial charge on any atom is -0.338 e. The van der Waals surface area contributed by atoms with E-state index < -0.39 is 0 Å². The molecular formula is C13H17N5O3S. The Balaban J connectivity index is 1.57. The molecule has 2 amide bonds. The van der Waals surface area contributed by atoms with Crippen molar-refractivity contribution in [1.82, 2.24) is 25.3 Å². The Labute approximate surface area is 131 Å². The first-order valence-electron chi connectivity index (χ1n) is 7.10. The largest absolute Gasteiger partial charge is 0.338 e. The number of piperazine rings is 1. The van der Waals surface area contributed by atoms with Gasteiger partial charge in [-0.25, -0.2) is 5.10 Å². The molecule has 0 bridgehead atoms. The summed E-state index contributed by atoms with van der Waals surface area (Å²) in [6.45, 7) is 2.00. The minimum absolute atomic E-state index is 0.104. The summed E-state index contributed by atoms with van der Waals surface area (Å²) < 4.78 is 0. The van der Waals surface area contributed by atoms with Crippen LogP contribution in [0.15, 0.2) is 16.9 Å². The molecule has 3 heterocycles. The van der Waals surface area contributed by atoms with Gasteiger partial charge in [-0.15, -0.1) is 11.8 Å². The molecule has 118 valence electrons. The van der Waals surface area contributed by atoms with Gasteiger partial charge in [0, 0.05) is 43.9 Å². The molecule has 1 aromatic heterocycles. The second-order valence-corrected chi connectivity index (χ2v) is 6.23. The number of rotatable bonds is 2. The van der Waals surface area contributed by atoms with Gasteiger partial charge in [0.25, 0.3) is 11.5 Å². The van der Waals surface area contributed by atoms with Crippen molar-refractivity contribution in [1.29, 1.82) is 0 Å². The Hall–Kier alpha value is -1.87. The maximum Gasteiger partial charge on any atom is 0.274 e. The Bertz CT molecular complexity index is 600. The van der Waals surface area contributed by atoms with Crippen LogP contribution in [0, 0.1) is 0 Å². The van der Waals surface area contributed by atoms with Crippen molar-refractivity contribution in [3.63, 3.8) is 0 Å². The lowest BCUT2D eigenvalue weighted by atomic mass is 10.2. The Kier molecular flexibility index (Phi) is 4.44. The van der Waals surface area contributed by atoms with Gasteiger partial charge < -0.3 is 9.80 Å². The Morgan fingerprint density at radius 1 is 1.18 bits per heavy atom. The molecule has 2 N–H and O–H groups in total. The van der Waals surface area contributed by atoms with Crippen LogP contribution in [0.1, 0.15) is 10.5 Å². The van der Waals surface area contributed by atoms with E-state index in [2.05, 4.69) is 15.5 Å². The first-order chi connectivity index (χ1) is 10.6. The van der Waals surface area contributed by atoms with Crippen LogP contribution in [0.3, 0.4) is 0 Å². The summed E-state index contributed by atoms with van der Waals surface area (Å²) >= 11 is 1.72. The number of thioether (sulfide) groups is 1. The number of H-pyrrole nitrogens is 1. The first kappa shape index (κ1) is 15.0. The fourth-order valence-corrected chi connectivity index (χ4v) is 3.46. The summed E-state index contributed by atoms with van der Waals surface area (Å²) in [6.07, 6.45) is 0. The third-order valence-electron chi connectivity index (χ3n) is 3.79. The summed E-state index contributed by atoms with van der Waals surface area (Å²) in [4.78, 5) is 39.0. The highest BCUT2D eigenvalue weighted by atomic mass is 32.2. The van der Waals surface area contributed by atoms with Crippen molar-refractivity contribution in [2.45, 2.75) is 6.04 Å². The zero-order valence-electron chi connectivity index (χ0n) is 11.9. The molecule has 2 aliphatic heterocycles. The van der Waals surface area contributed by atoms with Crippen LogP contribution in [-0.4, -0.2) is 75.7 Å². The molecule has 0 spiro atoms. The molecule has 0 radical (unpaired) electrons. The van der Waals surface area contributed by atoms with Gasteiger partial charge in [0.05, 0.1) is 6.04 Å². The van der Waals surface area contributed by atoms with Gasteiger partial charge in [0.2, 0.25) is 5.91 Å². The molecule has 8 nitrogen and oxygen atoms in total. The minimum atomic E-state index is -0.339. The molecule has 1 aromatic rings. The fraction of sp³-hybridized carbons (Fsp3) is 0.538. The number of amides is 2. The van der Waals surface area contributed by atoms with Crippen LogP contribution in [0.2, 0.25) is 0 Å². The Morgan fingerprint density at radius 2 is 1.91 bits per heavy atom. The summed E-state index contributed by atoms with van der Waals surface area (Å²) in [5.41, 5.74) is -0.123. The molecule has 22 heavy (non-hydrogen) atoms. The summed E-state index contributed by atoms with van der Waals surface area (Å²) in [5, 5.41) is 9.17. The van der Waals surface area contributed by atoms with Crippen molar-refractivity contribution in [3.05, 3.63) is 28.2 Å². The number of hydrogen-bond donors (Lipinski definition) is 2. The summed E-state index contributed by atoms with van der Waals surface area (Å²) in [5.74, 6) is 1.50. The van der Waals surface area contributed by atoms with Crippen molar-refractivity contribution in [2.75, 3.05) is 37.8 Å². The van der Waals surface area contributed by atoms with Crippen molar-refractivity contribution < 1.29 is 9.59 Å². The second-order valence-electron chi connectivity index (χ2n) is 5.20. The normalized spacial score (nSPS) is 21.9. The van der Waals surface area contributed by atoms with Gasteiger partial charge in [-0.3, -0.25) is 19.7 Å². The van der Waals surface area contributed by atoms with E-state index in [-0.39, 0.29) is 29.1 Å². The third kappa shape index (κ3) is 3.14. The van der Waals surface area contributed by atoms with Gasteiger partial charge >= 0.3 is 0 Å². The van der Waals surface area contributed by atoms with Gasteiger partial charge in [-0.05, 0) is 6.07 Å². The van der Waals surface area contributed by atoms with E-state index in [0.29, 0.717) is 26.2 Å². The second kappa shape index (κ2) is 6.49. The molecule has 2 saturated heterocycles. The van der Waals surface area contributed by atoms with Crippen LogP contribution in [-0.2, 0) is 4.79 Å². The highest BCUT2D eigenvalue weighted by Crippen LogP contribution is 2.14. The molecule has 0 saturated carbocycles. The number of carbonyl (C=O) groups is 2. The molecule has 2 aliphatic rings. The number of carbonyl (C=O) groups excluding carboxylic acids is 2. The van der Waals surface area contributed by atoms with E-state index >= 15 is 0 Å². The third-order valence-corrected chi connectivity index (χ3v) is 4.73. The molecule has 9 heteroatoms. The van der Waals surface area contributed by atoms with E-state index in [1.165, 1.54) is 12.1 Å².